The van der Waals surface area contributed by atoms with Crippen LogP contribution in [0.5, 0.6) is 0 Å². The third-order valence-electron chi connectivity index (χ3n) is 5.59. The molecule has 9 nitrogen and oxygen atoms in total. The Morgan fingerprint density at radius 1 is 1.19 bits per heavy atom. The quantitative estimate of drug-likeness (QED) is 0.332. The number of ether oxygens (including phenoxy) is 1. The van der Waals surface area contributed by atoms with Crippen LogP contribution < -0.4 is 21.7 Å². The number of anilines is 4. The number of aromatic nitrogens is 3. The number of carbonyl (C=O) groups excluding carboxylic acids is 1. The van der Waals surface area contributed by atoms with Crippen molar-refractivity contribution in [1.82, 2.24) is 15.0 Å². The monoisotopic (exact) mass is 423 g/mol. The summed E-state index contributed by atoms with van der Waals surface area (Å²) in [4.78, 5) is 25.5. The zero-order valence-electron chi connectivity index (χ0n) is 18.1. The average molecular weight is 424 g/mol. The van der Waals surface area contributed by atoms with Crippen LogP contribution in [0, 0.1) is 0 Å². The molecule has 0 radical (unpaired) electrons. The minimum atomic E-state index is -0.386. The number of fused-ring (bicyclic) bond motifs is 1. The van der Waals surface area contributed by atoms with Crippen molar-refractivity contribution >= 4 is 40.5 Å². The normalized spacial score (nSPS) is 11.4. The van der Waals surface area contributed by atoms with Gasteiger partial charge >= 0.3 is 0 Å². The van der Waals surface area contributed by atoms with E-state index in [0.29, 0.717) is 36.3 Å². The number of rotatable bonds is 10. The molecule has 9 heteroatoms. The minimum Gasteiger partial charge on any atom is -0.466 e. The first kappa shape index (κ1) is 22.2. The van der Waals surface area contributed by atoms with Crippen LogP contribution in [-0.2, 0) is 15.1 Å². The van der Waals surface area contributed by atoms with Gasteiger partial charge in [0.15, 0.2) is 0 Å². The molecule has 0 aliphatic heterocycles. The number of nitrogen functional groups attached to an aromatic ring is 1. The summed E-state index contributed by atoms with van der Waals surface area (Å²) in [7, 11) is 1.86. The van der Waals surface area contributed by atoms with Crippen molar-refractivity contribution in [2.24, 2.45) is 5.73 Å². The molecular formula is C22H29N7O2. The molecule has 0 unspecified atom stereocenters. The predicted molar refractivity (Wildman–Crippen MR) is 123 cm³/mol. The summed E-state index contributed by atoms with van der Waals surface area (Å²) in [6.07, 6.45) is 5.11. The maximum absolute atomic E-state index is 10.3. The smallest absolute Gasteiger partial charge is 0.293 e. The van der Waals surface area contributed by atoms with Crippen LogP contribution in [-0.4, -0.2) is 41.6 Å². The number of nitrogens with zero attached hydrogens (tertiary/aromatic N) is 4. The van der Waals surface area contributed by atoms with Gasteiger partial charge in [0.1, 0.15) is 29.9 Å². The Labute approximate surface area is 181 Å². The Kier molecular flexibility index (Phi) is 6.86. The number of hydrogen-bond donors (Lipinski definition) is 3. The summed E-state index contributed by atoms with van der Waals surface area (Å²) in [5, 5.41) is 4.90. The standard InChI is InChI=1S/C22H29N7O2/c1-4-22(24,5-2)16-6-7-25-19(12-16)27-18-10-15-11-20(29(3)8-9-31-14-30)28-21(23)17(15)13-26-18/h6-7,10-14H,4-5,8-9,24H2,1-3H3,(H2,23,28)(H,25,26,27). The van der Waals surface area contributed by atoms with E-state index in [4.69, 9.17) is 16.2 Å². The Hall–Kier alpha value is -3.46. The number of hydrogen-bond acceptors (Lipinski definition) is 9. The van der Waals surface area contributed by atoms with Crippen LogP contribution in [0.25, 0.3) is 10.8 Å². The van der Waals surface area contributed by atoms with Crippen LogP contribution in [0.3, 0.4) is 0 Å². The fraction of sp³-hybridized carbons (Fsp3) is 0.364. The lowest BCUT2D eigenvalue weighted by atomic mass is 9.86. The maximum Gasteiger partial charge on any atom is 0.293 e. The summed E-state index contributed by atoms with van der Waals surface area (Å²) < 4.78 is 4.76. The molecule has 0 atom stereocenters. The summed E-state index contributed by atoms with van der Waals surface area (Å²) in [6, 6.07) is 7.74. The molecule has 0 amide bonds. The summed E-state index contributed by atoms with van der Waals surface area (Å²) in [5.74, 6) is 2.37. The van der Waals surface area contributed by atoms with Gasteiger partial charge in [-0.05, 0) is 48.1 Å². The van der Waals surface area contributed by atoms with Crippen LogP contribution in [0.2, 0.25) is 0 Å². The molecule has 3 aromatic heterocycles. The lowest BCUT2D eigenvalue weighted by Crippen LogP contribution is -2.35. The molecule has 0 bridgehead atoms. The van der Waals surface area contributed by atoms with Crippen LogP contribution in [0.15, 0.2) is 36.7 Å². The molecule has 3 heterocycles. The van der Waals surface area contributed by atoms with E-state index in [0.717, 1.165) is 29.2 Å². The van der Waals surface area contributed by atoms with E-state index in [1.807, 2.05) is 36.2 Å². The van der Waals surface area contributed by atoms with Crippen molar-refractivity contribution in [3.63, 3.8) is 0 Å². The molecule has 31 heavy (non-hydrogen) atoms. The third-order valence-corrected chi connectivity index (χ3v) is 5.59. The van der Waals surface area contributed by atoms with E-state index in [1.165, 1.54) is 0 Å². The van der Waals surface area contributed by atoms with Gasteiger partial charge in [0.25, 0.3) is 6.47 Å². The lowest BCUT2D eigenvalue weighted by molar-refractivity contribution is -0.128. The number of pyridine rings is 3. The van der Waals surface area contributed by atoms with E-state index < -0.39 is 0 Å². The van der Waals surface area contributed by atoms with Gasteiger partial charge in [-0.2, -0.15) is 0 Å². The average Bonchev–Trinajstić information content (AvgIpc) is 2.78. The molecule has 3 aromatic rings. The molecule has 5 N–H and O–H groups in total. The van der Waals surface area contributed by atoms with E-state index in [1.54, 1.807) is 12.4 Å². The van der Waals surface area contributed by atoms with Crippen molar-refractivity contribution in [2.75, 3.05) is 36.1 Å². The van der Waals surface area contributed by atoms with Crippen LogP contribution in [0.1, 0.15) is 32.3 Å². The van der Waals surface area contributed by atoms with Gasteiger partial charge in [-0.3, -0.25) is 4.79 Å². The fourth-order valence-corrected chi connectivity index (χ4v) is 3.37. The fourth-order valence-electron chi connectivity index (χ4n) is 3.37. The Morgan fingerprint density at radius 3 is 2.65 bits per heavy atom. The van der Waals surface area contributed by atoms with Gasteiger partial charge in [-0.15, -0.1) is 0 Å². The molecule has 0 fully saturated rings. The zero-order chi connectivity index (χ0) is 22.4. The van der Waals surface area contributed by atoms with Gasteiger partial charge in [0.05, 0.1) is 6.54 Å². The maximum atomic E-state index is 10.3. The van der Waals surface area contributed by atoms with Crippen LogP contribution in [0.4, 0.5) is 23.3 Å². The number of nitrogens with one attached hydrogen (secondary N) is 1. The number of likely N-dealkylation sites (N-methyl/N-ethyl adjacent to an activating group) is 1. The van der Waals surface area contributed by atoms with Crippen molar-refractivity contribution in [2.45, 2.75) is 32.2 Å². The second-order valence-electron chi connectivity index (χ2n) is 7.46. The number of carbonyl (C=O) groups is 1. The first-order valence-electron chi connectivity index (χ1n) is 10.2. The SMILES string of the molecule is CCC(N)(CC)c1ccnc(Nc2cc3cc(N(C)CCOC=O)nc(N)c3cn2)c1. The van der Waals surface area contributed by atoms with Gasteiger partial charge in [-0.1, -0.05) is 13.8 Å². The van der Waals surface area contributed by atoms with E-state index in [2.05, 4.69) is 34.1 Å². The highest BCUT2D eigenvalue weighted by molar-refractivity contribution is 5.94. The van der Waals surface area contributed by atoms with E-state index in [-0.39, 0.29) is 12.1 Å². The second-order valence-corrected chi connectivity index (χ2v) is 7.46. The summed E-state index contributed by atoms with van der Waals surface area (Å²) in [6.45, 7) is 5.36. The highest BCUT2D eigenvalue weighted by atomic mass is 16.5. The predicted octanol–water partition coefficient (Wildman–Crippen LogP) is 2.93. The summed E-state index contributed by atoms with van der Waals surface area (Å²) in [5.41, 5.74) is 13.3. The van der Waals surface area contributed by atoms with Gasteiger partial charge in [-0.25, -0.2) is 15.0 Å². The van der Waals surface area contributed by atoms with E-state index >= 15 is 0 Å². The third kappa shape index (κ3) is 5.00. The molecule has 0 saturated heterocycles. The summed E-state index contributed by atoms with van der Waals surface area (Å²) >= 11 is 0. The van der Waals surface area contributed by atoms with Gasteiger partial charge in [0.2, 0.25) is 0 Å². The largest absolute Gasteiger partial charge is 0.466 e. The topological polar surface area (TPSA) is 132 Å². The van der Waals surface area contributed by atoms with Gasteiger partial charge in [0, 0.05) is 30.4 Å². The molecule has 0 aliphatic rings. The highest BCUT2D eigenvalue weighted by Crippen LogP contribution is 2.29. The van der Waals surface area contributed by atoms with Crippen LogP contribution >= 0.6 is 0 Å². The lowest BCUT2D eigenvalue weighted by Gasteiger charge is -2.27. The van der Waals surface area contributed by atoms with E-state index in [9.17, 15) is 4.79 Å². The zero-order valence-corrected chi connectivity index (χ0v) is 18.1. The molecule has 0 aliphatic carbocycles. The second kappa shape index (κ2) is 9.57. The van der Waals surface area contributed by atoms with Gasteiger partial charge < -0.3 is 26.4 Å². The van der Waals surface area contributed by atoms with Crippen molar-refractivity contribution < 1.29 is 9.53 Å². The number of nitrogens with two attached hydrogens (primary N) is 2. The first-order chi connectivity index (χ1) is 14.9. The Bertz CT molecular complexity index is 1050. The molecule has 0 aromatic carbocycles. The van der Waals surface area contributed by atoms with Crippen molar-refractivity contribution in [3.8, 4) is 0 Å². The highest BCUT2D eigenvalue weighted by Gasteiger charge is 2.23. The first-order valence-corrected chi connectivity index (χ1v) is 10.2. The Balaban J connectivity index is 1.88. The molecule has 0 spiro atoms. The Morgan fingerprint density at radius 2 is 1.94 bits per heavy atom. The molecule has 3 rings (SSSR count). The van der Waals surface area contributed by atoms with Crippen molar-refractivity contribution in [3.05, 3.63) is 42.2 Å². The minimum absolute atomic E-state index is 0.267. The molecular weight excluding hydrogens is 394 g/mol. The molecule has 164 valence electrons. The van der Waals surface area contributed by atoms with Crippen molar-refractivity contribution in [1.29, 1.82) is 0 Å². The molecule has 0 saturated carbocycles.